The van der Waals surface area contributed by atoms with Crippen molar-refractivity contribution in [2.75, 3.05) is 0 Å². The molecular weight excluding hydrogens is 162 g/mol. The molecule has 1 aromatic carbocycles. The fraction of sp³-hybridized carbons (Fsp3) is 0.125. The molecule has 0 radical (unpaired) electrons. The molecule has 0 aromatic heterocycles. The lowest BCUT2D eigenvalue weighted by Crippen LogP contribution is -2.02. The van der Waals surface area contributed by atoms with Gasteiger partial charge in [0, 0.05) is 5.56 Å². The standard InChI is InChI=1S/C8H6ClNO/c9-8-10-7-4-2-1-3-6(7)5-11-8/h1-4H,5H2. The van der Waals surface area contributed by atoms with Crippen LogP contribution in [0.4, 0.5) is 5.69 Å². The van der Waals surface area contributed by atoms with E-state index in [0.29, 0.717) is 6.61 Å². The third-order valence-electron chi connectivity index (χ3n) is 1.55. The van der Waals surface area contributed by atoms with Crippen LogP contribution < -0.4 is 0 Å². The van der Waals surface area contributed by atoms with Gasteiger partial charge in [0.05, 0.1) is 5.69 Å². The van der Waals surface area contributed by atoms with Gasteiger partial charge in [0.1, 0.15) is 6.61 Å². The number of ether oxygens (including phenoxy) is 1. The van der Waals surface area contributed by atoms with Gasteiger partial charge in [-0.1, -0.05) is 18.2 Å². The van der Waals surface area contributed by atoms with Crippen molar-refractivity contribution in [1.29, 1.82) is 0 Å². The SMILES string of the molecule is ClC1=Nc2ccccc2CO1. The van der Waals surface area contributed by atoms with Crippen molar-refractivity contribution in [1.82, 2.24) is 0 Å². The van der Waals surface area contributed by atoms with Crippen LogP contribution in [-0.4, -0.2) is 5.36 Å². The van der Waals surface area contributed by atoms with Crippen molar-refractivity contribution >= 4 is 22.6 Å². The topological polar surface area (TPSA) is 21.6 Å². The van der Waals surface area contributed by atoms with Crippen molar-refractivity contribution in [2.24, 2.45) is 4.99 Å². The van der Waals surface area contributed by atoms with E-state index in [1.165, 1.54) is 0 Å². The second-order valence-electron chi connectivity index (χ2n) is 2.28. The minimum absolute atomic E-state index is 0.226. The van der Waals surface area contributed by atoms with Gasteiger partial charge >= 0.3 is 0 Å². The maximum absolute atomic E-state index is 5.57. The normalized spacial score (nSPS) is 14.8. The van der Waals surface area contributed by atoms with Gasteiger partial charge in [-0.15, -0.1) is 0 Å². The first kappa shape index (κ1) is 6.68. The molecule has 0 saturated carbocycles. The second kappa shape index (κ2) is 2.55. The molecule has 0 saturated heterocycles. The van der Waals surface area contributed by atoms with Crippen molar-refractivity contribution in [3.63, 3.8) is 0 Å². The average Bonchev–Trinajstić information content (AvgIpc) is 2.04. The van der Waals surface area contributed by atoms with Gasteiger partial charge < -0.3 is 4.74 Å². The minimum atomic E-state index is 0.226. The Labute approximate surface area is 69.5 Å². The average molecular weight is 168 g/mol. The van der Waals surface area contributed by atoms with Crippen molar-refractivity contribution in [3.05, 3.63) is 29.8 Å². The molecule has 0 bridgehead atoms. The van der Waals surface area contributed by atoms with Crippen LogP contribution >= 0.6 is 11.6 Å². The summed E-state index contributed by atoms with van der Waals surface area (Å²) in [5, 5.41) is 0.226. The summed E-state index contributed by atoms with van der Waals surface area (Å²) in [4.78, 5) is 4.01. The zero-order valence-corrected chi connectivity index (χ0v) is 6.51. The van der Waals surface area contributed by atoms with Crippen LogP contribution in [0.2, 0.25) is 0 Å². The van der Waals surface area contributed by atoms with Gasteiger partial charge in [0.2, 0.25) is 0 Å². The van der Waals surface area contributed by atoms with E-state index in [4.69, 9.17) is 16.3 Å². The third-order valence-corrected chi connectivity index (χ3v) is 1.74. The highest BCUT2D eigenvalue weighted by Crippen LogP contribution is 2.24. The van der Waals surface area contributed by atoms with Gasteiger partial charge in [-0.05, 0) is 17.7 Å². The van der Waals surface area contributed by atoms with Gasteiger partial charge in [-0.2, -0.15) is 0 Å². The Morgan fingerprint density at radius 2 is 2.18 bits per heavy atom. The van der Waals surface area contributed by atoms with Crippen molar-refractivity contribution in [3.8, 4) is 0 Å². The van der Waals surface area contributed by atoms with Crippen LogP contribution in [0.3, 0.4) is 0 Å². The summed E-state index contributed by atoms with van der Waals surface area (Å²) in [6.45, 7) is 0.526. The Hall–Kier alpha value is -1.02. The third kappa shape index (κ3) is 1.21. The number of fused-ring (bicyclic) bond motifs is 1. The van der Waals surface area contributed by atoms with E-state index in [0.717, 1.165) is 11.3 Å². The summed E-state index contributed by atoms with van der Waals surface area (Å²) < 4.78 is 5.02. The van der Waals surface area contributed by atoms with Gasteiger partial charge in [0.25, 0.3) is 5.36 Å². The van der Waals surface area contributed by atoms with Gasteiger partial charge in [-0.25, -0.2) is 4.99 Å². The van der Waals surface area contributed by atoms with E-state index < -0.39 is 0 Å². The van der Waals surface area contributed by atoms with Crippen molar-refractivity contribution < 1.29 is 4.74 Å². The molecule has 2 nitrogen and oxygen atoms in total. The number of aliphatic imine (C=N–C) groups is 1. The molecule has 0 atom stereocenters. The number of hydrogen-bond donors (Lipinski definition) is 0. The number of halogens is 1. The number of hydrogen-bond acceptors (Lipinski definition) is 2. The van der Waals surface area contributed by atoms with Gasteiger partial charge in [0.15, 0.2) is 0 Å². The zero-order valence-electron chi connectivity index (χ0n) is 5.75. The summed E-state index contributed by atoms with van der Waals surface area (Å²) in [6.07, 6.45) is 0. The Morgan fingerprint density at radius 1 is 1.36 bits per heavy atom. The lowest BCUT2D eigenvalue weighted by Gasteiger charge is -2.11. The monoisotopic (exact) mass is 167 g/mol. The molecule has 0 spiro atoms. The molecule has 0 unspecified atom stereocenters. The van der Waals surface area contributed by atoms with E-state index in [1.54, 1.807) is 0 Å². The highest BCUT2D eigenvalue weighted by atomic mass is 35.5. The second-order valence-corrected chi connectivity index (χ2v) is 2.61. The quantitative estimate of drug-likeness (QED) is 0.582. The first-order chi connectivity index (χ1) is 5.36. The maximum Gasteiger partial charge on any atom is 0.287 e. The number of para-hydroxylation sites is 1. The van der Waals surface area contributed by atoms with Crippen LogP contribution in [-0.2, 0) is 11.3 Å². The zero-order chi connectivity index (χ0) is 7.68. The lowest BCUT2D eigenvalue weighted by molar-refractivity contribution is 0.296. The lowest BCUT2D eigenvalue weighted by atomic mass is 10.2. The smallest absolute Gasteiger partial charge is 0.287 e. The molecule has 1 aromatic rings. The Morgan fingerprint density at radius 3 is 3.09 bits per heavy atom. The fourth-order valence-corrected chi connectivity index (χ4v) is 1.15. The summed E-state index contributed by atoms with van der Waals surface area (Å²) in [5.41, 5.74) is 1.99. The highest BCUT2D eigenvalue weighted by molar-refractivity contribution is 6.63. The van der Waals surface area contributed by atoms with Gasteiger partial charge in [-0.3, -0.25) is 0 Å². The highest BCUT2D eigenvalue weighted by Gasteiger charge is 2.08. The van der Waals surface area contributed by atoms with Crippen molar-refractivity contribution in [2.45, 2.75) is 6.61 Å². The molecule has 1 aliphatic heterocycles. The molecule has 2 rings (SSSR count). The van der Waals surface area contributed by atoms with E-state index in [1.807, 2.05) is 24.3 Å². The van der Waals surface area contributed by atoms with Crippen LogP contribution in [0.15, 0.2) is 29.3 Å². The summed E-state index contributed by atoms with van der Waals surface area (Å²) in [7, 11) is 0. The van der Waals surface area contributed by atoms with Crippen LogP contribution in [0.5, 0.6) is 0 Å². The van der Waals surface area contributed by atoms with Crippen LogP contribution in [0, 0.1) is 0 Å². The molecular formula is C8H6ClNO. The molecule has 1 aliphatic rings. The van der Waals surface area contributed by atoms with E-state index in [-0.39, 0.29) is 5.36 Å². The van der Waals surface area contributed by atoms with E-state index in [9.17, 15) is 0 Å². The van der Waals surface area contributed by atoms with Crippen LogP contribution in [0.1, 0.15) is 5.56 Å². The largest absolute Gasteiger partial charge is 0.464 e. The molecule has 0 N–H and O–H groups in total. The Balaban J connectivity index is 2.51. The molecule has 0 fully saturated rings. The molecule has 56 valence electrons. The van der Waals surface area contributed by atoms with Crippen LogP contribution in [0.25, 0.3) is 0 Å². The first-order valence-corrected chi connectivity index (χ1v) is 3.69. The van der Waals surface area contributed by atoms with E-state index >= 15 is 0 Å². The Bertz CT molecular complexity index is 309. The number of nitrogens with zero attached hydrogens (tertiary/aromatic N) is 1. The molecule has 11 heavy (non-hydrogen) atoms. The molecule has 0 aliphatic carbocycles. The molecule has 3 heteroatoms. The first-order valence-electron chi connectivity index (χ1n) is 3.31. The van der Waals surface area contributed by atoms with E-state index in [2.05, 4.69) is 4.99 Å². The predicted octanol–water partition coefficient (Wildman–Crippen LogP) is 2.44. The molecule has 0 amide bonds. The maximum atomic E-state index is 5.57. The minimum Gasteiger partial charge on any atom is -0.464 e. The number of rotatable bonds is 0. The predicted molar refractivity (Wildman–Crippen MR) is 44.2 cm³/mol. The Kier molecular flexibility index (Phi) is 1.55. The summed E-state index contributed by atoms with van der Waals surface area (Å²) in [5.74, 6) is 0. The number of benzene rings is 1. The fourth-order valence-electron chi connectivity index (χ4n) is 1.01. The summed E-state index contributed by atoms with van der Waals surface area (Å²) >= 11 is 5.57. The molecule has 1 heterocycles. The summed E-state index contributed by atoms with van der Waals surface area (Å²) in [6, 6.07) is 7.77.